The maximum absolute atomic E-state index is 12.5. The Balaban J connectivity index is 1.70. The number of carbonyl (C=O) groups is 1. The van der Waals surface area contributed by atoms with Crippen molar-refractivity contribution >= 4 is 16.8 Å². The Labute approximate surface area is 156 Å². The molecule has 0 aliphatic carbocycles. The molecule has 0 fully saturated rings. The van der Waals surface area contributed by atoms with Crippen LogP contribution in [0.5, 0.6) is 5.88 Å². The molecule has 2 aromatic heterocycles. The normalized spacial score (nSPS) is 11.4. The molecule has 0 saturated carbocycles. The minimum atomic E-state index is -4.47. The van der Waals surface area contributed by atoms with E-state index in [1.165, 1.54) is 24.1 Å². The largest absolute Gasteiger partial charge is 0.468 e. The zero-order valence-electron chi connectivity index (χ0n) is 14.7. The van der Waals surface area contributed by atoms with E-state index < -0.39 is 18.7 Å². The lowest BCUT2D eigenvalue weighted by Gasteiger charge is -2.17. The quantitative estimate of drug-likeness (QED) is 0.721. The van der Waals surface area contributed by atoms with Gasteiger partial charge in [0.25, 0.3) is 11.5 Å². The number of aromatic amines is 1. The van der Waals surface area contributed by atoms with E-state index in [9.17, 15) is 22.8 Å². The first-order valence-corrected chi connectivity index (χ1v) is 8.12. The summed E-state index contributed by atoms with van der Waals surface area (Å²) in [5, 5.41) is 0.443. The molecule has 0 bridgehead atoms. The molecule has 0 aliphatic heterocycles. The Bertz CT molecular complexity index is 1050. The fourth-order valence-corrected chi connectivity index (χ4v) is 2.47. The Morgan fingerprint density at radius 1 is 1.21 bits per heavy atom. The summed E-state index contributed by atoms with van der Waals surface area (Å²) in [6.45, 7) is -1.43. The van der Waals surface area contributed by atoms with Crippen LogP contribution in [-0.2, 0) is 6.54 Å². The lowest BCUT2D eigenvalue weighted by atomic mass is 10.2. The number of hydrogen-bond donors (Lipinski definition) is 1. The van der Waals surface area contributed by atoms with E-state index in [4.69, 9.17) is 0 Å². The molecule has 0 saturated heterocycles. The predicted molar refractivity (Wildman–Crippen MR) is 93.9 cm³/mol. The molecule has 0 atom stereocenters. The van der Waals surface area contributed by atoms with Crippen molar-refractivity contribution in [3.05, 3.63) is 64.3 Å². The topological polar surface area (TPSA) is 88.2 Å². The molecule has 28 heavy (non-hydrogen) atoms. The number of alkyl halides is 3. The monoisotopic (exact) mass is 392 g/mol. The molecule has 0 spiro atoms. The van der Waals surface area contributed by atoms with Crippen molar-refractivity contribution in [1.29, 1.82) is 0 Å². The second kappa shape index (κ2) is 7.67. The molecule has 0 unspecified atom stereocenters. The minimum absolute atomic E-state index is 0.0330. The Morgan fingerprint density at radius 2 is 1.96 bits per heavy atom. The number of nitrogens with zero attached hydrogens (tertiary/aromatic N) is 3. The van der Waals surface area contributed by atoms with Gasteiger partial charge in [-0.05, 0) is 18.2 Å². The second-order valence-electron chi connectivity index (χ2n) is 5.98. The van der Waals surface area contributed by atoms with Crippen LogP contribution < -0.4 is 10.3 Å². The first-order chi connectivity index (χ1) is 13.2. The molecule has 146 valence electrons. The van der Waals surface area contributed by atoms with Gasteiger partial charge in [0, 0.05) is 19.3 Å². The summed E-state index contributed by atoms with van der Waals surface area (Å²) >= 11 is 0. The summed E-state index contributed by atoms with van der Waals surface area (Å²) in [5.41, 5.74) is 0.356. The number of fused-ring (bicyclic) bond motifs is 1. The molecule has 1 amide bonds. The van der Waals surface area contributed by atoms with Crippen LogP contribution in [0.25, 0.3) is 10.9 Å². The summed E-state index contributed by atoms with van der Waals surface area (Å²) in [4.78, 5) is 36.5. The predicted octanol–water partition coefficient (Wildman–Crippen LogP) is 2.53. The molecule has 0 aliphatic rings. The number of para-hydroxylation sites is 1. The third-order valence-corrected chi connectivity index (χ3v) is 3.76. The first kappa shape index (κ1) is 19.3. The molecule has 0 radical (unpaired) electrons. The van der Waals surface area contributed by atoms with Gasteiger partial charge in [-0.2, -0.15) is 13.2 Å². The molecule has 3 aromatic rings. The number of pyridine rings is 1. The van der Waals surface area contributed by atoms with Crippen molar-refractivity contribution < 1.29 is 22.7 Å². The Morgan fingerprint density at radius 3 is 2.64 bits per heavy atom. The van der Waals surface area contributed by atoms with E-state index in [-0.39, 0.29) is 23.5 Å². The second-order valence-corrected chi connectivity index (χ2v) is 5.98. The number of rotatable bonds is 5. The Hall–Kier alpha value is -3.43. The number of amides is 1. The molecule has 1 aromatic carbocycles. The van der Waals surface area contributed by atoms with Gasteiger partial charge >= 0.3 is 6.18 Å². The Kier molecular flexibility index (Phi) is 5.30. The molecule has 7 nitrogen and oxygen atoms in total. The van der Waals surface area contributed by atoms with Gasteiger partial charge in [0.2, 0.25) is 5.88 Å². The summed E-state index contributed by atoms with van der Waals surface area (Å²) in [6.07, 6.45) is -3.35. The third-order valence-electron chi connectivity index (χ3n) is 3.76. The number of ether oxygens (including phenoxy) is 1. The van der Waals surface area contributed by atoms with Crippen molar-refractivity contribution in [2.24, 2.45) is 0 Å². The molecule has 2 heterocycles. The van der Waals surface area contributed by atoms with Crippen molar-refractivity contribution in [2.75, 3.05) is 13.7 Å². The van der Waals surface area contributed by atoms with Crippen LogP contribution in [0, 0.1) is 0 Å². The van der Waals surface area contributed by atoms with E-state index in [0.717, 1.165) is 6.20 Å². The van der Waals surface area contributed by atoms with Gasteiger partial charge in [-0.15, -0.1) is 0 Å². The maximum atomic E-state index is 12.5. The summed E-state index contributed by atoms with van der Waals surface area (Å²) < 4.78 is 40.9. The van der Waals surface area contributed by atoms with Gasteiger partial charge in [-0.1, -0.05) is 12.1 Å². The number of nitrogens with one attached hydrogen (secondary N) is 1. The molecule has 3 rings (SSSR count). The zero-order valence-corrected chi connectivity index (χ0v) is 14.7. The fraction of sp³-hybridized carbons (Fsp3) is 0.222. The van der Waals surface area contributed by atoms with Gasteiger partial charge in [-0.3, -0.25) is 9.59 Å². The van der Waals surface area contributed by atoms with Crippen LogP contribution in [0.3, 0.4) is 0 Å². The van der Waals surface area contributed by atoms with Gasteiger partial charge in [0.1, 0.15) is 5.82 Å². The van der Waals surface area contributed by atoms with Crippen LogP contribution in [0.15, 0.2) is 47.4 Å². The molecular weight excluding hydrogens is 377 g/mol. The SMILES string of the molecule is CN(Cc1nc2ccccc2c(=O)[nH]1)C(=O)c1ccc(OCC(F)(F)F)nc1. The van der Waals surface area contributed by atoms with E-state index in [1.54, 1.807) is 24.3 Å². The fourth-order valence-electron chi connectivity index (χ4n) is 2.47. The van der Waals surface area contributed by atoms with Crippen LogP contribution in [0.1, 0.15) is 16.2 Å². The molecule has 10 heteroatoms. The standard InChI is InChI=1S/C18H15F3N4O3/c1-25(9-14-23-13-5-3-2-4-12(13)16(26)24-14)17(27)11-6-7-15(22-8-11)28-10-18(19,20)21/h2-8H,9-10H2,1H3,(H,23,24,26). The average molecular weight is 392 g/mol. The molecule has 1 N–H and O–H groups in total. The van der Waals surface area contributed by atoms with Crippen molar-refractivity contribution in [3.63, 3.8) is 0 Å². The number of hydrogen-bond acceptors (Lipinski definition) is 5. The minimum Gasteiger partial charge on any atom is -0.468 e. The summed E-state index contributed by atoms with van der Waals surface area (Å²) in [5.74, 6) is -0.375. The number of carbonyl (C=O) groups excluding carboxylic acids is 1. The number of aromatic nitrogens is 3. The van der Waals surface area contributed by atoms with Crippen LogP contribution >= 0.6 is 0 Å². The van der Waals surface area contributed by atoms with E-state index in [2.05, 4.69) is 19.7 Å². The highest BCUT2D eigenvalue weighted by Crippen LogP contribution is 2.17. The van der Waals surface area contributed by atoms with Gasteiger partial charge in [0.05, 0.1) is 23.0 Å². The smallest absolute Gasteiger partial charge is 0.422 e. The third kappa shape index (κ3) is 4.64. The van der Waals surface area contributed by atoms with Crippen molar-refractivity contribution in [3.8, 4) is 5.88 Å². The number of H-pyrrole nitrogens is 1. The summed E-state index contributed by atoms with van der Waals surface area (Å²) in [7, 11) is 1.51. The van der Waals surface area contributed by atoms with Gasteiger partial charge in [0.15, 0.2) is 6.61 Å². The first-order valence-electron chi connectivity index (χ1n) is 8.12. The molecular formula is C18H15F3N4O3. The number of benzene rings is 1. The maximum Gasteiger partial charge on any atom is 0.422 e. The van der Waals surface area contributed by atoms with Crippen molar-refractivity contribution in [2.45, 2.75) is 12.7 Å². The lowest BCUT2D eigenvalue weighted by Crippen LogP contribution is -2.28. The number of halogens is 3. The average Bonchev–Trinajstić information content (AvgIpc) is 2.65. The van der Waals surface area contributed by atoms with Crippen LogP contribution in [0.4, 0.5) is 13.2 Å². The summed E-state index contributed by atoms with van der Waals surface area (Å²) in [6, 6.07) is 9.32. The van der Waals surface area contributed by atoms with Crippen LogP contribution in [0.2, 0.25) is 0 Å². The van der Waals surface area contributed by atoms with Gasteiger partial charge < -0.3 is 14.6 Å². The van der Waals surface area contributed by atoms with E-state index >= 15 is 0 Å². The highest BCUT2D eigenvalue weighted by atomic mass is 19.4. The van der Waals surface area contributed by atoms with Crippen LogP contribution in [-0.4, -0.2) is 45.6 Å². The van der Waals surface area contributed by atoms with E-state index in [1.807, 2.05) is 0 Å². The zero-order chi connectivity index (χ0) is 20.3. The van der Waals surface area contributed by atoms with Gasteiger partial charge in [-0.25, -0.2) is 9.97 Å². The highest BCUT2D eigenvalue weighted by molar-refractivity contribution is 5.93. The van der Waals surface area contributed by atoms with Crippen molar-refractivity contribution in [1.82, 2.24) is 19.9 Å². The highest BCUT2D eigenvalue weighted by Gasteiger charge is 2.28. The lowest BCUT2D eigenvalue weighted by molar-refractivity contribution is -0.154. The van der Waals surface area contributed by atoms with E-state index in [0.29, 0.717) is 16.7 Å².